The van der Waals surface area contributed by atoms with Gasteiger partial charge in [-0.05, 0) is 54.8 Å². The molecule has 136 valence electrons. The van der Waals surface area contributed by atoms with Crippen LogP contribution in [0, 0.1) is 6.92 Å². The fourth-order valence-electron chi connectivity index (χ4n) is 2.05. The molecule has 2 aromatic rings. The third kappa shape index (κ3) is 5.89. The molecule has 2 amide bonds. The van der Waals surface area contributed by atoms with Crippen molar-refractivity contribution in [3.05, 3.63) is 58.6 Å². The molecule has 0 aromatic heterocycles. The number of anilines is 1. The fraction of sp³-hybridized carbons (Fsp3) is 0.211. The van der Waals surface area contributed by atoms with Crippen LogP contribution in [0.2, 0.25) is 5.02 Å². The quantitative estimate of drug-likeness (QED) is 0.462. The summed E-state index contributed by atoms with van der Waals surface area (Å²) in [6.07, 6.45) is 2.28. The van der Waals surface area contributed by atoms with E-state index in [4.69, 9.17) is 16.3 Å². The molecule has 0 aliphatic rings. The van der Waals surface area contributed by atoms with Crippen molar-refractivity contribution in [2.24, 2.45) is 5.10 Å². The lowest BCUT2D eigenvalue weighted by atomic mass is 10.2. The van der Waals surface area contributed by atoms with Gasteiger partial charge in [0, 0.05) is 5.69 Å². The zero-order valence-corrected chi connectivity index (χ0v) is 15.3. The average Bonchev–Trinajstić information content (AvgIpc) is 2.61. The lowest BCUT2D eigenvalue weighted by Gasteiger charge is -2.07. The Labute approximate surface area is 157 Å². The van der Waals surface area contributed by atoms with Gasteiger partial charge in [0.05, 0.1) is 17.8 Å². The van der Waals surface area contributed by atoms with Crippen molar-refractivity contribution in [2.45, 2.75) is 20.3 Å². The normalized spacial score (nSPS) is 10.6. The maximum Gasteiger partial charge on any atom is 0.329 e. The van der Waals surface area contributed by atoms with Gasteiger partial charge >= 0.3 is 11.8 Å². The van der Waals surface area contributed by atoms with Crippen LogP contribution in [-0.2, 0) is 9.59 Å². The van der Waals surface area contributed by atoms with E-state index in [0.29, 0.717) is 28.6 Å². The zero-order chi connectivity index (χ0) is 18.9. The molecule has 0 aliphatic carbocycles. The second kappa shape index (κ2) is 9.58. The van der Waals surface area contributed by atoms with Crippen molar-refractivity contribution >= 4 is 35.3 Å². The smallest absolute Gasteiger partial charge is 0.329 e. The van der Waals surface area contributed by atoms with Crippen LogP contribution in [-0.4, -0.2) is 24.6 Å². The molecule has 2 aromatic carbocycles. The van der Waals surface area contributed by atoms with Gasteiger partial charge in [-0.3, -0.25) is 9.59 Å². The van der Waals surface area contributed by atoms with Gasteiger partial charge in [0.25, 0.3) is 0 Å². The standard InChI is InChI=1S/C19H20ClN3O3/c1-3-9-26-17-8-7-14(11-16(17)20)12-21-23-19(25)18(24)22-15-6-4-5-13(2)10-15/h4-8,10-12H,3,9H2,1-2H3,(H,22,24)(H,23,25)/b21-12-. The first kappa shape index (κ1) is 19.5. The van der Waals surface area contributed by atoms with Gasteiger partial charge in [0.2, 0.25) is 0 Å². The summed E-state index contributed by atoms with van der Waals surface area (Å²) >= 11 is 6.12. The Morgan fingerprint density at radius 1 is 1.19 bits per heavy atom. The Morgan fingerprint density at radius 2 is 2.00 bits per heavy atom. The number of benzene rings is 2. The first-order chi connectivity index (χ1) is 12.5. The molecule has 0 unspecified atom stereocenters. The van der Waals surface area contributed by atoms with Gasteiger partial charge in [-0.2, -0.15) is 5.10 Å². The molecular formula is C19H20ClN3O3. The maximum atomic E-state index is 11.8. The third-order valence-electron chi connectivity index (χ3n) is 3.28. The predicted octanol–water partition coefficient (Wildman–Crippen LogP) is 3.53. The molecule has 0 spiro atoms. The Hall–Kier alpha value is -2.86. The van der Waals surface area contributed by atoms with E-state index in [9.17, 15) is 9.59 Å². The molecule has 0 saturated heterocycles. The van der Waals surface area contributed by atoms with E-state index in [1.807, 2.05) is 19.9 Å². The van der Waals surface area contributed by atoms with E-state index in [-0.39, 0.29) is 0 Å². The van der Waals surface area contributed by atoms with Gasteiger partial charge in [0.15, 0.2) is 0 Å². The largest absolute Gasteiger partial charge is 0.492 e. The zero-order valence-electron chi connectivity index (χ0n) is 14.6. The summed E-state index contributed by atoms with van der Waals surface area (Å²) in [5.41, 5.74) is 4.36. The van der Waals surface area contributed by atoms with Crippen molar-refractivity contribution < 1.29 is 14.3 Å². The topological polar surface area (TPSA) is 79.8 Å². The second-order valence-electron chi connectivity index (χ2n) is 5.56. The van der Waals surface area contributed by atoms with Gasteiger partial charge in [-0.1, -0.05) is 30.7 Å². The molecule has 0 aliphatic heterocycles. The number of hydrazone groups is 1. The number of rotatable bonds is 6. The third-order valence-corrected chi connectivity index (χ3v) is 3.57. The number of aryl methyl sites for hydroxylation is 1. The average molecular weight is 374 g/mol. The van der Waals surface area contributed by atoms with Crippen LogP contribution in [0.1, 0.15) is 24.5 Å². The summed E-state index contributed by atoms with van der Waals surface area (Å²) in [6, 6.07) is 12.3. The molecule has 0 radical (unpaired) electrons. The van der Waals surface area contributed by atoms with E-state index in [1.54, 1.807) is 36.4 Å². The summed E-state index contributed by atoms with van der Waals surface area (Å²) in [7, 11) is 0. The van der Waals surface area contributed by atoms with Gasteiger partial charge in [-0.15, -0.1) is 0 Å². The number of hydrogen-bond acceptors (Lipinski definition) is 4. The van der Waals surface area contributed by atoms with Crippen LogP contribution < -0.4 is 15.5 Å². The fourth-order valence-corrected chi connectivity index (χ4v) is 2.30. The highest BCUT2D eigenvalue weighted by Gasteiger charge is 2.12. The number of halogens is 1. The highest BCUT2D eigenvalue weighted by Crippen LogP contribution is 2.25. The van der Waals surface area contributed by atoms with Gasteiger partial charge in [0.1, 0.15) is 5.75 Å². The Bertz CT molecular complexity index is 821. The van der Waals surface area contributed by atoms with Crippen LogP contribution in [0.25, 0.3) is 0 Å². The van der Waals surface area contributed by atoms with Crippen molar-refractivity contribution in [2.75, 3.05) is 11.9 Å². The minimum atomic E-state index is -0.864. The van der Waals surface area contributed by atoms with Gasteiger partial charge < -0.3 is 10.1 Å². The monoisotopic (exact) mass is 373 g/mol. The molecule has 6 nitrogen and oxygen atoms in total. The van der Waals surface area contributed by atoms with E-state index >= 15 is 0 Å². The van der Waals surface area contributed by atoms with Gasteiger partial charge in [-0.25, -0.2) is 5.43 Å². The number of ether oxygens (including phenoxy) is 1. The molecule has 0 heterocycles. The summed E-state index contributed by atoms with van der Waals surface area (Å²) < 4.78 is 5.48. The summed E-state index contributed by atoms with van der Waals surface area (Å²) in [5.74, 6) is -1.07. The number of amides is 2. The van der Waals surface area contributed by atoms with Crippen molar-refractivity contribution in [3.8, 4) is 5.75 Å². The Balaban J connectivity index is 1.89. The van der Waals surface area contributed by atoms with E-state index in [0.717, 1.165) is 12.0 Å². The molecule has 0 atom stereocenters. The number of nitrogens with zero attached hydrogens (tertiary/aromatic N) is 1. The Kier molecular flexibility index (Phi) is 7.17. The first-order valence-corrected chi connectivity index (χ1v) is 8.50. The SMILES string of the molecule is CCCOc1ccc(/C=N\NC(=O)C(=O)Nc2cccc(C)c2)cc1Cl. The molecule has 26 heavy (non-hydrogen) atoms. The van der Waals surface area contributed by atoms with Crippen LogP contribution >= 0.6 is 11.6 Å². The predicted molar refractivity (Wildman–Crippen MR) is 103 cm³/mol. The molecule has 0 saturated carbocycles. The van der Waals surface area contributed by atoms with E-state index in [2.05, 4.69) is 15.8 Å². The van der Waals surface area contributed by atoms with Crippen LogP contribution in [0.3, 0.4) is 0 Å². The lowest BCUT2D eigenvalue weighted by molar-refractivity contribution is -0.136. The highest BCUT2D eigenvalue weighted by molar-refractivity contribution is 6.39. The van der Waals surface area contributed by atoms with Crippen LogP contribution in [0.4, 0.5) is 5.69 Å². The number of nitrogens with one attached hydrogen (secondary N) is 2. The van der Waals surface area contributed by atoms with Crippen LogP contribution in [0.5, 0.6) is 5.75 Å². The van der Waals surface area contributed by atoms with E-state index in [1.165, 1.54) is 6.21 Å². The van der Waals surface area contributed by atoms with E-state index < -0.39 is 11.8 Å². The minimum absolute atomic E-state index is 0.450. The second-order valence-corrected chi connectivity index (χ2v) is 5.97. The highest BCUT2D eigenvalue weighted by atomic mass is 35.5. The molecule has 2 rings (SSSR count). The minimum Gasteiger partial charge on any atom is -0.492 e. The number of carbonyl (C=O) groups excluding carboxylic acids is 2. The van der Waals surface area contributed by atoms with Crippen molar-refractivity contribution in [1.29, 1.82) is 0 Å². The van der Waals surface area contributed by atoms with Crippen molar-refractivity contribution in [3.63, 3.8) is 0 Å². The molecule has 2 N–H and O–H groups in total. The molecule has 0 bridgehead atoms. The first-order valence-electron chi connectivity index (χ1n) is 8.13. The molecular weight excluding hydrogens is 354 g/mol. The van der Waals surface area contributed by atoms with Crippen LogP contribution in [0.15, 0.2) is 47.6 Å². The summed E-state index contributed by atoms with van der Waals surface area (Å²) in [4.78, 5) is 23.6. The maximum absolute atomic E-state index is 11.8. The lowest BCUT2D eigenvalue weighted by Crippen LogP contribution is -2.32. The van der Waals surface area contributed by atoms with Crippen molar-refractivity contribution in [1.82, 2.24) is 5.43 Å². The molecule has 7 heteroatoms. The number of hydrogen-bond donors (Lipinski definition) is 2. The number of carbonyl (C=O) groups is 2. The summed E-state index contributed by atoms with van der Waals surface area (Å²) in [6.45, 7) is 4.48. The Morgan fingerprint density at radius 3 is 2.69 bits per heavy atom. The summed E-state index contributed by atoms with van der Waals surface area (Å²) in [5, 5.41) is 6.72. The molecule has 0 fully saturated rings.